The van der Waals surface area contributed by atoms with Gasteiger partial charge in [-0.2, -0.15) is 0 Å². The molecule has 0 bridgehead atoms. The number of benzene rings is 3. The third-order valence-electron chi connectivity index (χ3n) is 6.63. The van der Waals surface area contributed by atoms with Crippen LogP contribution in [0.3, 0.4) is 0 Å². The summed E-state index contributed by atoms with van der Waals surface area (Å²) in [7, 11) is 0. The van der Waals surface area contributed by atoms with Gasteiger partial charge in [0.15, 0.2) is 11.5 Å². The molecule has 0 radical (unpaired) electrons. The van der Waals surface area contributed by atoms with Crippen LogP contribution in [-0.2, 0) is 16.8 Å². The molecule has 3 aromatic rings. The fourth-order valence-corrected chi connectivity index (χ4v) is 4.89. The lowest BCUT2D eigenvalue weighted by Crippen LogP contribution is -2.45. The Bertz CT molecular complexity index is 1160. The molecule has 3 aromatic carbocycles. The summed E-state index contributed by atoms with van der Waals surface area (Å²) in [5.74, 6) is -0.0504. The smallest absolute Gasteiger partial charge is 0.264 e. The Labute approximate surface area is 213 Å². The lowest BCUT2D eigenvalue weighted by molar-refractivity contribution is -0.130. The number of carbonyl (C=O) groups excluding carboxylic acids is 2. The maximum atomic E-state index is 13.9. The van der Waals surface area contributed by atoms with E-state index in [4.69, 9.17) is 5.41 Å². The minimum absolute atomic E-state index is 0.0411. The second-order valence-electron chi connectivity index (χ2n) is 9.16. The van der Waals surface area contributed by atoms with Crippen molar-refractivity contribution in [3.63, 3.8) is 0 Å². The average molecular weight is 483 g/mol. The van der Waals surface area contributed by atoms with Gasteiger partial charge in [0, 0.05) is 25.2 Å². The Kier molecular flexibility index (Phi) is 7.84. The number of hydrogen-bond donors (Lipinski definition) is 2. The van der Waals surface area contributed by atoms with Crippen molar-refractivity contribution in [2.45, 2.75) is 38.6 Å². The van der Waals surface area contributed by atoms with Crippen LogP contribution >= 0.6 is 0 Å². The topological polar surface area (TPSA) is 76.5 Å². The summed E-state index contributed by atoms with van der Waals surface area (Å²) in [6.45, 7) is 5.98. The summed E-state index contributed by atoms with van der Waals surface area (Å²) in [6.07, 6.45) is 2.38. The highest BCUT2D eigenvalue weighted by atomic mass is 16.2. The summed E-state index contributed by atoms with van der Waals surface area (Å²) >= 11 is 0. The minimum atomic E-state index is -1.14. The molecule has 2 N–H and O–H groups in total. The second-order valence-corrected chi connectivity index (χ2v) is 9.16. The van der Waals surface area contributed by atoms with Crippen molar-refractivity contribution in [3.8, 4) is 0 Å². The Hall–Kier alpha value is -3.93. The number of nitrogens with zero attached hydrogens (tertiary/aromatic N) is 2. The van der Waals surface area contributed by atoms with Gasteiger partial charge in [0.25, 0.3) is 11.8 Å². The zero-order chi connectivity index (χ0) is 25.5. The minimum Gasteiger partial charge on any atom is -0.339 e. The highest BCUT2D eigenvalue weighted by molar-refractivity contribution is 6.10. The number of carbonyl (C=O) groups is 2. The van der Waals surface area contributed by atoms with E-state index in [0.717, 1.165) is 42.6 Å². The second kappa shape index (κ2) is 11.2. The van der Waals surface area contributed by atoms with Crippen LogP contribution < -0.4 is 5.32 Å². The fraction of sp³-hybridized carbons (Fsp3) is 0.300. The van der Waals surface area contributed by atoms with Gasteiger partial charge in [0.1, 0.15) is 0 Å². The van der Waals surface area contributed by atoms with Crippen molar-refractivity contribution in [1.82, 2.24) is 15.1 Å². The van der Waals surface area contributed by atoms with E-state index in [9.17, 15) is 9.59 Å². The molecule has 6 nitrogen and oxygen atoms in total. The van der Waals surface area contributed by atoms with Crippen molar-refractivity contribution < 1.29 is 9.59 Å². The van der Waals surface area contributed by atoms with Gasteiger partial charge in [-0.1, -0.05) is 86.6 Å². The molecule has 2 amide bonds. The monoisotopic (exact) mass is 482 g/mol. The first-order valence-electron chi connectivity index (χ1n) is 12.7. The predicted molar refractivity (Wildman–Crippen MR) is 143 cm³/mol. The average Bonchev–Trinajstić information content (AvgIpc) is 3.18. The summed E-state index contributed by atoms with van der Waals surface area (Å²) in [5.41, 5.74) is 2.09. The first-order valence-corrected chi connectivity index (χ1v) is 12.7. The molecule has 0 spiro atoms. The largest absolute Gasteiger partial charge is 0.339 e. The first kappa shape index (κ1) is 25.2. The van der Waals surface area contributed by atoms with Crippen molar-refractivity contribution in [2.75, 3.05) is 19.6 Å². The normalized spacial score (nSPS) is 14.6. The number of amides is 2. The Morgan fingerprint density at radius 2 is 1.47 bits per heavy atom. The molecule has 0 saturated carbocycles. The molecule has 0 unspecified atom stereocenters. The van der Waals surface area contributed by atoms with Crippen LogP contribution in [0.25, 0.3) is 0 Å². The highest BCUT2D eigenvalue weighted by Crippen LogP contribution is 2.35. The van der Waals surface area contributed by atoms with E-state index < -0.39 is 5.54 Å². The van der Waals surface area contributed by atoms with Crippen LogP contribution in [0.1, 0.15) is 53.7 Å². The summed E-state index contributed by atoms with van der Waals surface area (Å²) in [5, 5.41) is 11.9. The standard InChI is InChI=1S/C30H34N4O2/c1-3-19-33(20-4-2)27(35)24-13-11-12-23(22-24)18-21-34-28(36)30(32-29(34)31,25-14-7-5-8-15-25)26-16-9-6-10-17-26/h5-17,22H,3-4,18-21H2,1-2H3,(H2,31,32). The molecular weight excluding hydrogens is 448 g/mol. The van der Waals surface area contributed by atoms with Crippen LogP contribution in [0.5, 0.6) is 0 Å². The molecule has 1 saturated heterocycles. The number of nitrogens with one attached hydrogen (secondary N) is 2. The molecule has 1 aliphatic heterocycles. The molecule has 1 fully saturated rings. The van der Waals surface area contributed by atoms with Crippen LogP contribution in [0.15, 0.2) is 84.9 Å². The van der Waals surface area contributed by atoms with E-state index in [1.807, 2.05) is 89.8 Å². The van der Waals surface area contributed by atoms with E-state index in [1.54, 1.807) is 0 Å². The van der Waals surface area contributed by atoms with E-state index in [2.05, 4.69) is 19.2 Å². The number of guanidine groups is 1. The zero-order valence-corrected chi connectivity index (χ0v) is 21.0. The first-order chi connectivity index (χ1) is 17.5. The third-order valence-corrected chi connectivity index (χ3v) is 6.63. The number of hydrogen-bond acceptors (Lipinski definition) is 3. The molecule has 0 aliphatic carbocycles. The highest BCUT2D eigenvalue weighted by Gasteiger charge is 2.51. The van der Waals surface area contributed by atoms with Gasteiger partial charge in [-0.15, -0.1) is 0 Å². The Morgan fingerprint density at radius 3 is 2.03 bits per heavy atom. The van der Waals surface area contributed by atoms with E-state index >= 15 is 0 Å². The summed E-state index contributed by atoms with van der Waals surface area (Å²) in [4.78, 5) is 30.4. The predicted octanol–water partition coefficient (Wildman–Crippen LogP) is 4.80. The van der Waals surface area contributed by atoms with Gasteiger partial charge in [-0.05, 0) is 48.1 Å². The lowest BCUT2D eigenvalue weighted by Gasteiger charge is -2.28. The van der Waals surface area contributed by atoms with Gasteiger partial charge < -0.3 is 10.2 Å². The van der Waals surface area contributed by atoms with Gasteiger partial charge in [-0.3, -0.25) is 19.9 Å². The molecule has 4 rings (SSSR count). The van der Waals surface area contributed by atoms with Crippen molar-refractivity contribution in [3.05, 3.63) is 107 Å². The SMILES string of the molecule is CCCN(CCC)C(=O)c1cccc(CCN2C(=N)NC(c3ccccc3)(c3ccccc3)C2=O)c1. The summed E-state index contributed by atoms with van der Waals surface area (Å²) in [6, 6.07) is 26.8. The van der Waals surface area contributed by atoms with Gasteiger partial charge >= 0.3 is 0 Å². The van der Waals surface area contributed by atoms with Gasteiger partial charge in [0.2, 0.25) is 0 Å². The third kappa shape index (κ3) is 4.89. The van der Waals surface area contributed by atoms with Crippen molar-refractivity contribution in [2.24, 2.45) is 0 Å². The van der Waals surface area contributed by atoms with E-state index in [-0.39, 0.29) is 17.8 Å². The molecule has 0 atom stereocenters. The van der Waals surface area contributed by atoms with Crippen molar-refractivity contribution >= 4 is 17.8 Å². The van der Waals surface area contributed by atoms with E-state index in [1.165, 1.54) is 4.90 Å². The molecule has 36 heavy (non-hydrogen) atoms. The lowest BCUT2D eigenvalue weighted by atomic mass is 9.82. The molecule has 1 heterocycles. The van der Waals surface area contributed by atoms with E-state index in [0.29, 0.717) is 18.5 Å². The maximum Gasteiger partial charge on any atom is 0.264 e. The van der Waals surface area contributed by atoms with Crippen LogP contribution in [0.4, 0.5) is 0 Å². The zero-order valence-electron chi connectivity index (χ0n) is 21.0. The Balaban J connectivity index is 1.56. The quantitative estimate of drug-likeness (QED) is 0.436. The van der Waals surface area contributed by atoms with Crippen LogP contribution in [0.2, 0.25) is 0 Å². The molecule has 1 aliphatic rings. The van der Waals surface area contributed by atoms with Crippen molar-refractivity contribution in [1.29, 1.82) is 5.41 Å². The maximum absolute atomic E-state index is 13.9. The van der Waals surface area contributed by atoms with Gasteiger partial charge in [-0.25, -0.2) is 0 Å². The van der Waals surface area contributed by atoms with Crippen LogP contribution in [0, 0.1) is 5.41 Å². The molecule has 6 heteroatoms. The molecular formula is C30H34N4O2. The van der Waals surface area contributed by atoms with Gasteiger partial charge in [0.05, 0.1) is 0 Å². The summed E-state index contributed by atoms with van der Waals surface area (Å²) < 4.78 is 0. The molecule has 0 aromatic heterocycles. The fourth-order valence-electron chi connectivity index (χ4n) is 4.89. The number of rotatable bonds is 10. The Morgan fingerprint density at radius 1 is 0.889 bits per heavy atom. The van der Waals surface area contributed by atoms with Crippen LogP contribution in [-0.4, -0.2) is 47.2 Å². The molecule has 186 valence electrons.